The Kier molecular flexibility index (Phi) is 6.56. The van der Waals surface area contributed by atoms with Crippen LogP contribution in [-0.4, -0.2) is 35.4 Å². The summed E-state index contributed by atoms with van der Waals surface area (Å²) in [5.41, 5.74) is 0. The maximum absolute atomic E-state index is 11.1. The minimum atomic E-state index is -0.425. The van der Waals surface area contributed by atoms with Crippen molar-refractivity contribution in [3.05, 3.63) is 0 Å². The molecule has 6 aliphatic rings. The third kappa shape index (κ3) is 4.36. The smallest absolute Gasteiger partial charge is 0.306 e. The molecule has 4 saturated carbocycles. The zero-order chi connectivity index (χ0) is 23.4. The molecule has 4 aliphatic carbocycles. The molecule has 4 bridgehead atoms. The molecule has 0 aromatic rings. The number of cyclic esters (lactones) is 2. The molecular weight excluding hydrogens is 416 g/mol. The fraction of sp³-hybridized carbons (Fsp3) is 0.929. The molecule has 0 aromatic heterocycles. The predicted molar refractivity (Wildman–Crippen MR) is 125 cm³/mol. The van der Waals surface area contributed by atoms with Gasteiger partial charge in [0.25, 0.3) is 0 Å². The molecule has 13 atom stereocenters. The van der Waals surface area contributed by atoms with Crippen molar-refractivity contribution < 1.29 is 24.2 Å². The molecule has 2 heterocycles. The van der Waals surface area contributed by atoms with Crippen LogP contribution in [0.15, 0.2) is 0 Å². The Labute approximate surface area is 199 Å². The van der Waals surface area contributed by atoms with Crippen LogP contribution in [-0.2, 0) is 19.1 Å². The number of hydrogen-bond acceptors (Lipinski definition) is 5. The Morgan fingerprint density at radius 3 is 1.91 bits per heavy atom. The molecule has 0 radical (unpaired) electrons. The van der Waals surface area contributed by atoms with E-state index in [0.717, 1.165) is 60.7 Å². The van der Waals surface area contributed by atoms with Gasteiger partial charge in [-0.3, -0.25) is 9.59 Å². The summed E-state index contributed by atoms with van der Waals surface area (Å²) in [6.07, 6.45) is 8.78. The van der Waals surface area contributed by atoms with Crippen LogP contribution in [0.3, 0.4) is 0 Å². The lowest BCUT2D eigenvalue weighted by molar-refractivity contribution is -0.148. The topological polar surface area (TPSA) is 72.8 Å². The predicted octanol–water partition coefficient (Wildman–Crippen LogP) is 4.99. The second kappa shape index (κ2) is 9.17. The van der Waals surface area contributed by atoms with Crippen molar-refractivity contribution in [1.29, 1.82) is 0 Å². The zero-order valence-corrected chi connectivity index (χ0v) is 20.9. The molecule has 6 fully saturated rings. The average Bonchev–Trinajstić information content (AvgIpc) is 3.61. The molecule has 0 aromatic carbocycles. The van der Waals surface area contributed by atoms with Gasteiger partial charge in [-0.25, -0.2) is 0 Å². The fourth-order valence-electron chi connectivity index (χ4n) is 8.91. The summed E-state index contributed by atoms with van der Waals surface area (Å²) in [4.78, 5) is 22.2. The number of carbonyl (C=O) groups excluding carboxylic acids is 2. The highest BCUT2D eigenvalue weighted by Crippen LogP contribution is 2.57. The molecule has 5 nitrogen and oxygen atoms in total. The lowest BCUT2D eigenvalue weighted by Gasteiger charge is -2.36. The van der Waals surface area contributed by atoms with Crippen LogP contribution in [0.25, 0.3) is 0 Å². The van der Waals surface area contributed by atoms with Crippen LogP contribution in [0.1, 0.15) is 85.5 Å². The second-order valence-electron chi connectivity index (χ2n) is 12.6. The number of fused-ring (bicyclic) bond motifs is 4. The minimum absolute atomic E-state index is 0.0228. The van der Waals surface area contributed by atoms with Crippen LogP contribution in [0.4, 0.5) is 0 Å². The Hall–Kier alpha value is -1.10. The van der Waals surface area contributed by atoms with Gasteiger partial charge in [0, 0.05) is 12.8 Å². The fourth-order valence-corrected chi connectivity index (χ4v) is 8.91. The Bertz CT molecular complexity index is 747. The van der Waals surface area contributed by atoms with E-state index in [2.05, 4.69) is 27.7 Å². The zero-order valence-electron chi connectivity index (χ0n) is 20.9. The van der Waals surface area contributed by atoms with E-state index < -0.39 is 6.10 Å². The molecule has 2 saturated heterocycles. The van der Waals surface area contributed by atoms with Crippen molar-refractivity contribution in [3.63, 3.8) is 0 Å². The molecule has 6 rings (SSSR count). The van der Waals surface area contributed by atoms with Gasteiger partial charge in [0.05, 0.1) is 6.10 Å². The van der Waals surface area contributed by atoms with Crippen molar-refractivity contribution >= 4 is 11.9 Å². The summed E-state index contributed by atoms with van der Waals surface area (Å²) in [7, 11) is 0. The quantitative estimate of drug-likeness (QED) is 0.598. The van der Waals surface area contributed by atoms with E-state index in [0.29, 0.717) is 37.0 Å². The highest BCUT2D eigenvalue weighted by molar-refractivity contribution is 5.71. The molecule has 0 spiro atoms. The van der Waals surface area contributed by atoms with Crippen LogP contribution in [0.2, 0.25) is 0 Å². The third-order valence-electron chi connectivity index (χ3n) is 11.3. The van der Waals surface area contributed by atoms with E-state index in [-0.39, 0.29) is 24.1 Å². The van der Waals surface area contributed by atoms with Gasteiger partial charge >= 0.3 is 11.9 Å². The van der Waals surface area contributed by atoms with Gasteiger partial charge in [-0.2, -0.15) is 0 Å². The number of ether oxygens (including phenoxy) is 2. The summed E-state index contributed by atoms with van der Waals surface area (Å²) in [6.45, 7) is 9.49. The summed E-state index contributed by atoms with van der Waals surface area (Å²) in [6, 6.07) is 0. The first-order valence-electron chi connectivity index (χ1n) is 13.8. The molecule has 5 heteroatoms. The molecule has 2 aliphatic heterocycles. The monoisotopic (exact) mass is 460 g/mol. The number of esters is 2. The number of aliphatic hydroxyl groups excluding tert-OH is 1. The van der Waals surface area contributed by atoms with E-state index in [1.54, 1.807) is 0 Å². The van der Waals surface area contributed by atoms with Gasteiger partial charge in [-0.05, 0) is 104 Å². The van der Waals surface area contributed by atoms with Gasteiger partial charge in [-0.15, -0.1) is 0 Å². The van der Waals surface area contributed by atoms with E-state index in [9.17, 15) is 14.7 Å². The van der Waals surface area contributed by atoms with Gasteiger partial charge in [0.15, 0.2) is 0 Å². The molecule has 13 unspecified atom stereocenters. The third-order valence-corrected chi connectivity index (χ3v) is 11.3. The Balaban J connectivity index is 0.000000139. The number of carbonyl (C=O) groups is 2. The number of rotatable bonds is 4. The van der Waals surface area contributed by atoms with Crippen molar-refractivity contribution in [2.24, 2.45) is 59.2 Å². The summed E-state index contributed by atoms with van der Waals surface area (Å²) in [5.74, 6) is 7.72. The number of aliphatic hydroxyl groups is 1. The van der Waals surface area contributed by atoms with Crippen molar-refractivity contribution in [2.45, 2.75) is 104 Å². The SMILES string of the molecule is CC1C2CC(C1C)C(C(O)C1CCC(=O)O1)C2.CC1C2CC(CC3CCC(=O)O3)C(C2)C1C. The summed E-state index contributed by atoms with van der Waals surface area (Å²) in [5, 5.41) is 10.4. The highest BCUT2D eigenvalue weighted by Gasteiger charge is 2.53. The van der Waals surface area contributed by atoms with E-state index in [1.807, 2.05) is 0 Å². The lowest BCUT2D eigenvalue weighted by atomic mass is 9.72. The first-order valence-corrected chi connectivity index (χ1v) is 13.8. The van der Waals surface area contributed by atoms with Gasteiger partial charge in [-0.1, -0.05) is 27.7 Å². The largest absolute Gasteiger partial charge is 0.462 e. The minimum Gasteiger partial charge on any atom is -0.462 e. The van der Waals surface area contributed by atoms with Crippen LogP contribution >= 0.6 is 0 Å². The first kappa shape index (κ1) is 23.6. The molecule has 186 valence electrons. The van der Waals surface area contributed by atoms with E-state index in [1.165, 1.54) is 19.3 Å². The Morgan fingerprint density at radius 2 is 1.39 bits per heavy atom. The van der Waals surface area contributed by atoms with Crippen molar-refractivity contribution in [1.82, 2.24) is 0 Å². The second-order valence-corrected chi connectivity index (χ2v) is 12.6. The molecule has 1 N–H and O–H groups in total. The van der Waals surface area contributed by atoms with Gasteiger partial charge < -0.3 is 14.6 Å². The van der Waals surface area contributed by atoms with Crippen molar-refractivity contribution in [2.75, 3.05) is 0 Å². The lowest BCUT2D eigenvalue weighted by Crippen LogP contribution is -2.39. The summed E-state index contributed by atoms with van der Waals surface area (Å²) < 4.78 is 10.6. The van der Waals surface area contributed by atoms with Gasteiger partial charge in [0.1, 0.15) is 12.2 Å². The first-order chi connectivity index (χ1) is 15.7. The highest BCUT2D eigenvalue weighted by atomic mass is 16.6. The normalized spacial score (nSPS) is 50.8. The number of hydrogen-bond donors (Lipinski definition) is 1. The molecule has 0 amide bonds. The Morgan fingerprint density at radius 1 is 0.788 bits per heavy atom. The van der Waals surface area contributed by atoms with Crippen LogP contribution in [0.5, 0.6) is 0 Å². The van der Waals surface area contributed by atoms with Crippen molar-refractivity contribution in [3.8, 4) is 0 Å². The maximum atomic E-state index is 11.1. The maximum Gasteiger partial charge on any atom is 0.306 e. The standard InChI is InChI=1S/C14H22O3.C14H22O2/c1-7-8(2)10-5-9(7)6-11(10)14(16)12-3-4-13(15)17-12;1-8-9(2)13-7-10(8)5-11(13)6-12-3-4-14(15)16-12/h7-12,14,16H,3-6H2,1-2H3;8-13H,3-7H2,1-2H3. The van der Waals surface area contributed by atoms with Gasteiger partial charge in [0.2, 0.25) is 0 Å². The van der Waals surface area contributed by atoms with Crippen LogP contribution < -0.4 is 0 Å². The summed E-state index contributed by atoms with van der Waals surface area (Å²) >= 11 is 0. The van der Waals surface area contributed by atoms with Crippen LogP contribution in [0, 0.1) is 59.2 Å². The van der Waals surface area contributed by atoms with E-state index in [4.69, 9.17) is 9.47 Å². The van der Waals surface area contributed by atoms with E-state index >= 15 is 0 Å². The molecule has 33 heavy (non-hydrogen) atoms. The average molecular weight is 461 g/mol. The molecular formula is C28H44O5.